The Labute approximate surface area is 122 Å². The summed E-state index contributed by atoms with van der Waals surface area (Å²) in [7, 11) is 0. The second kappa shape index (κ2) is 8.37. The van der Waals surface area contributed by atoms with Crippen LogP contribution in [0.3, 0.4) is 0 Å². The molecule has 1 aromatic carbocycles. The molecule has 0 heterocycles. The first-order chi connectivity index (χ1) is 9.62. The normalized spacial score (nSPS) is 13.3. The van der Waals surface area contributed by atoms with E-state index in [0.717, 1.165) is 31.2 Å². The van der Waals surface area contributed by atoms with Crippen LogP contribution in [0.1, 0.15) is 63.6 Å². The van der Waals surface area contributed by atoms with E-state index in [2.05, 4.69) is 25.2 Å². The molecule has 0 aliphatic heterocycles. The van der Waals surface area contributed by atoms with Crippen molar-refractivity contribution in [3.05, 3.63) is 35.4 Å². The zero-order valence-electron chi connectivity index (χ0n) is 12.6. The third-order valence-corrected chi connectivity index (χ3v) is 3.67. The predicted octanol–water partition coefficient (Wildman–Crippen LogP) is 3.95. The molecule has 0 spiro atoms. The van der Waals surface area contributed by atoms with Crippen LogP contribution in [0.4, 0.5) is 0 Å². The van der Waals surface area contributed by atoms with Crippen LogP contribution in [0, 0.1) is 17.2 Å². The van der Waals surface area contributed by atoms with Crippen LogP contribution in [-0.2, 0) is 4.79 Å². The summed E-state index contributed by atoms with van der Waals surface area (Å²) in [6, 6.07) is 9.44. The van der Waals surface area contributed by atoms with Crippen molar-refractivity contribution in [2.75, 3.05) is 0 Å². The standard InChI is InChI=1S/C17H24N2O/c1-4-6-7-15(5-2)17(20)19-13(3)16-10-8-14(12-18)9-11-16/h8-11,13,15H,4-7H2,1-3H3,(H,19,20). The number of carbonyl (C=O) groups is 1. The van der Waals surface area contributed by atoms with Gasteiger partial charge < -0.3 is 5.32 Å². The second-order valence-electron chi connectivity index (χ2n) is 5.21. The van der Waals surface area contributed by atoms with Crippen molar-refractivity contribution < 1.29 is 4.79 Å². The van der Waals surface area contributed by atoms with Gasteiger partial charge in [0.15, 0.2) is 0 Å². The van der Waals surface area contributed by atoms with E-state index < -0.39 is 0 Å². The zero-order chi connectivity index (χ0) is 15.0. The molecule has 0 bridgehead atoms. The molecule has 0 aliphatic rings. The summed E-state index contributed by atoms with van der Waals surface area (Å²) in [5, 5.41) is 11.9. The van der Waals surface area contributed by atoms with Crippen LogP contribution in [0.15, 0.2) is 24.3 Å². The van der Waals surface area contributed by atoms with Gasteiger partial charge in [0.1, 0.15) is 0 Å². The summed E-state index contributed by atoms with van der Waals surface area (Å²) in [5.41, 5.74) is 1.67. The average Bonchev–Trinajstić information content (AvgIpc) is 2.48. The van der Waals surface area contributed by atoms with Gasteiger partial charge >= 0.3 is 0 Å². The third kappa shape index (κ3) is 4.70. The van der Waals surface area contributed by atoms with Gasteiger partial charge in [-0.05, 0) is 37.5 Å². The van der Waals surface area contributed by atoms with Crippen LogP contribution >= 0.6 is 0 Å². The lowest BCUT2D eigenvalue weighted by molar-refractivity contribution is -0.126. The number of hydrogen-bond donors (Lipinski definition) is 1. The highest BCUT2D eigenvalue weighted by molar-refractivity contribution is 5.79. The quantitative estimate of drug-likeness (QED) is 0.817. The van der Waals surface area contributed by atoms with Crippen molar-refractivity contribution in [3.8, 4) is 6.07 Å². The van der Waals surface area contributed by atoms with Gasteiger partial charge in [-0.15, -0.1) is 0 Å². The Morgan fingerprint density at radius 3 is 2.45 bits per heavy atom. The molecule has 20 heavy (non-hydrogen) atoms. The van der Waals surface area contributed by atoms with Gasteiger partial charge in [0.05, 0.1) is 17.7 Å². The highest BCUT2D eigenvalue weighted by atomic mass is 16.1. The maximum atomic E-state index is 12.2. The molecule has 1 N–H and O–H groups in total. The molecule has 2 unspecified atom stereocenters. The summed E-state index contributed by atoms with van der Waals surface area (Å²) in [4.78, 5) is 12.2. The van der Waals surface area contributed by atoms with Gasteiger partial charge in [0, 0.05) is 5.92 Å². The largest absolute Gasteiger partial charge is 0.349 e. The summed E-state index contributed by atoms with van der Waals surface area (Å²) in [5.74, 6) is 0.244. The number of nitrogens with zero attached hydrogens (tertiary/aromatic N) is 1. The maximum absolute atomic E-state index is 12.2. The van der Waals surface area contributed by atoms with E-state index in [1.807, 2.05) is 19.1 Å². The van der Waals surface area contributed by atoms with E-state index in [4.69, 9.17) is 5.26 Å². The molecular formula is C17H24N2O. The number of amides is 1. The molecular weight excluding hydrogens is 248 g/mol. The molecule has 0 fully saturated rings. The third-order valence-electron chi connectivity index (χ3n) is 3.67. The zero-order valence-corrected chi connectivity index (χ0v) is 12.6. The summed E-state index contributed by atoms with van der Waals surface area (Å²) >= 11 is 0. The number of carbonyl (C=O) groups excluding carboxylic acids is 1. The van der Waals surface area contributed by atoms with Crippen molar-refractivity contribution in [1.29, 1.82) is 5.26 Å². The van der Waals surface area contributed by atoms with E-state index in [0.29, 0.717) is 5.56 Å². The number of nitriles is 1. The van der Waals surface area contributed by atoms with E-state index in [-0.39, 0.29) is 17.9 Å². The first kappa shape index (κ1) is 16.2. The number of benzene rings is 1. The molecule has 0 saturated heterocycles. The van der Waals surface area contributed by atoms with Crippen LogP contribution in [0.5, 0.6) is 0 Å². The first-order valence-corrected chi connectivity index (χ1v) is 7.42. The highest BCUT2D eigenvalue weighted by Gasteiger charge is 2.18. The van der Waals surface area contributed by atoms with Crippen molar-refractivity contribution in [2.24, 2.45) is 5.92 Å². The molecule has 0 aromatic heterocycles. The molecule has 3 nitrogen and oxygen atoms in total. The minimum Gasteiger partial charge on any atom is -0.349 e. The van der Waals surface area contributed by atoms with Crippen molar-refractivity contribution in [2.45, 2.75) is 52.5 Å². The summed E-state index contributed by atoms with van der Waals surface area (Å²) in [6.07, 6.45) is 4.05. The Balaban J connectivity index is 2.61. The minimum atomic E-state index is -0.0223. The lowest BCUT2D eigenvalue weighted by Gasteiger charge is -2.19. The molecule has 2 atom stereocenters. The van der Waals surface area contributed by atoms with Crippen molar-refractivity contribution in [3.63, 3.8) is 0 Å². The van der Waals surface area contributed by atoms with Crippen LogP contribution in [0.2, 0.25) is 0 Å². The molecule has 0 radical (unpaired) electrons. The monoisotopic (exact) mass is 272 g/mol. The van der Waals surface area contributed by atoms with Gasteiger partial charge in [0.2, 0.25) is 5.91 Å². The number of hydrogen-bond acceptors (Lipinski definition) is 2. The predicted molar refractivity (Wildman–Crippen MR) is 81.0 cm³/mol. The van der Waals surface area contributed by atoms with Crippen molar-refractivity contribution >= 4 is 5.91 Å². The van der Waals surface area contributed by atoms with Gasteiger partial charge in [-0.3, -0.25) is 4.79 Å². The Kier molecular flexibility index (Phi) is 6.79. The number of rotatable bonds is 7. The number of unbranched alkanes of at least 4 members (excludes halogenated alkanes) is 1. The highest BCUT2D eigenvalue weighted by Crippen LogP contribution is 2.17. The SMILES string of the molecule is CCCCC(CC)C(=O)NC(C)c1ccc(C#N)cc1. The second-order valence-corrected chi connectivity index (χ2v) is 5.21. The maximum Gasteiger partial charge on any atom is 0.223 e. The number of nitrogens with one attached hydrogen (secondary N) is 1. The Morgan fingerprint density at radius 2 is 1.95 bits per heavy atom. The van der Waals surface area contributed by atoms with Gasteiger partial charge in [-0.2, -0.15) is 5.26 Å². The van der Waals surface area contributed by atoms with E-state index in [1.165, 1.54) is 0 Å². The Bertz CT molecular complexity index is 459. The summed E-state index contributed by atoms with van der Waals surface area (Å²) < 4.78 is 0. The van der Waals surface area contributed by atoms with Crippen LogP contribution in [0.25, 0.3) is 0 Å². The fourth-order valence-electron chi connectivity index (χ4n) is 2.23. The van der Waals surface area contributed by atoms with E-state index in [9.17, 15) is 4.79 Å². The van der Waals surface area contributed by atoms with Crippen LogP contribution in [-0.4, -0.2) is 5.91 Å². The van der Waals surface area contributed by atoms with Crippen LogP contribution < -0.4 is 5.32 Å². The molecule has 0 aliphatic carbocycles. The Hall–Kier alpha value is -1.82. The molecule has 0 saturated carbocycles. The minimum absolute atomic E-state index is 0.0223. The van der Waals surface area contributed by atoms with E-state index >= 15 is 0 Å². The van der Waals surface area contributed by atoms with Crippen molar-refractivity contribution in [1.82, 2.24) is 5.32 Å². The van der Waals surface area contributed by atoms with Gasteiger partial charge in [-0.1, -0.05) is 38.8 Å². The molecule has 1 rings (SSSR count). The lowest BCUT2D eigenvalue weighted by atomic mass is 9.97. The topological polar surface area (TPSA) is 52.9 Å². The molecule has 3 heteroatoms. The molecule has 1 aromatic rings. The fourth-order valence-corrected chi connectivity index (χ4v) is 2.23. The lowest BCUT2D eigenvalue weighted by Crippen LogP contribution is -2.32. The van der Waals surface area contributed by atoms with Gasteiger partial charge in [0.25, 0.3) is 0 Å². The fraction of sp³-hybridized carbons (Fsp3) is 0.529. The average molecular weight is 272 g/mol. The smallest absolute Gasteiger partial charge is 0.223 e. The summed E-state index contributed by atoms with van der Waals surface area (Å²) in [6.45, 7) is 6.18. The molecule has 108 valence electrons. The first-order valence-electron chi connectivity index (χ1n) is 7.42. The van der Waals surface area contributed by atoms with E-state index in [1.54, 1.807) is 12.1 Å². The molecule has 1 amide bonds. The Morgan fingerprint density at radius 1 is 1.30 bits per heavy atom. The van der Waals surface area contributed by atoms with Gasteiger partial charge in [-0.25, -0.2) is 0 Å².